The maximum Gasteiger partial charge on any atom is 0.193 e. The van der Waals surface area contributed by atoms with E-state index >= 15 is 0 Å². The van der Waals surface area contributed by atoms with E-state index < -0.39 is 17.1 Å². The van der Waals surface area contributed by atoms with E-state index in [1.54, 1.807) is 0 Å². The van der Waals surface area contributed by atoms with Crippen LogP contribution in [0.15, 0.2) is 84.4 Å². The van der Waals surface area contributed by atoms with Gasteiger partial charge in [-0.25, -0.2) is 0 Å². The lowest BCUT2D eigenvalue weighted by Crippen LogP contribution is -2.54. The Kier molecular flexibility index (Phi) is 9.21. The molecule has 2 N–H and O–H groups in total. The highest BCUT2D eigenvalue weighted by Gasteiger charge is 2.57. The highest BCUT2D eigenvalue weighted by atomic mass is 16.5. The lowest BCUT2D eigenvalue weighted by molar-refractivity contribution is -0.0959. The molecular weight excluding hydrogens is 546 g/mol. The predicted molar refractivity (Wildman–Crippen MR) is 176 cm³/mol. The minimum atomic E-state index is -0.875. The van der Waals surface area contributed by atoms with Crippen LogP contribution in [0.1, 0.15) is 85.3 Å². The number of ketones is 1. The average molecular weight is 594 g/mol. The van der Waals surface area contributed by atoms with E-state index in [2.05, 4.69) is 49.1 Å². The molecule has 4 atom stereocenters. The molecule has 2 bridgehead atoms. The van der Waals surface area contributed by atoms with Gasteiger partial charge in [-0.05, 0) is 86.1 Å². The topological polar surface area (TPSA) is 70.0 Å². The molecule has 5 nitrogen and oxygen atoms in total. The third kappa shape index (κ3) is 6.34. The fourth-order valence-electron chi connectivity index (χ4n) is 7.93. The second-order valence-electron chi connectivity index (χ2n) is 13.6. The number of β-amino-alcohol motifs (C(OH)–C–C–N with tert-alkyl or cyclic N) is 1. The Bertz CT molecular complexity index is 1480. The molecule has 0 radical (unpaired) electrons. The molecule has 1 heterocycles. The number of hydrogen-bond donors (Lipinski definition) is 2. The van der Waals surface area contributed by atoms with Crippen molar-refractivity contribution >= 4 is 5.78 Å². The van der Waals surface area contributed by atoms with Crippen LogP contribution in [-0.2, 0) is 11.2 Å². The van der Waals surface area contributed by atoms with Gasteiger partial charge >= 0.3 is 0 Å². The van der Waals surface area contributed by atoms with Crippen LogP contribution in [-0.4, -0.2) is 65.4 Å². The number of rotatable bonds is 5. The summed E-state index contributed by atoms with van der Waals surface area (Å²) >= 11 is 0. The number of aliphatic hydroxyl groups excluding tert-OH is 1. The van der Waals surface area contributed by atoms with Gasteiger partial charge < -0.3 is 14.9 Å². The van der Waals surface area contributed by atoms with E-state index in [-0.39, 0.29) is 11.7 Å². The SMILES string of the molecule is CC1=CCC[C@@]2(C)[C@@H](CC[C@@]2(O)CN2CCOCC2)c2ccc(cc2C(=O)c2ccc(-c3ccccc3)cc2)C[C@@H](O)CC1. The molecule has 1 aliphatic heterocycles. The first-order chi connectivity index (χ1) is 21.3. The number of fused-ring (bicyclic) bond motifs is 8. The van der Waals surface area contributed by atoms with Crippen molar-refractivity contribution in [1.82, 2.24) is 4.90 Å². The van der Waals surface area contributed by atoms with Gasteiger partial charge in [0.15, 0.2) is 5.78 Å². The second-order valence-corrected chi connectivity index (χ2v) is 13.6. The van der Waals surface area contributed by atoms with E-state index in [1.165, 1.54) is 5.57 Å². The zero-order valence-electron chi connectivity index (χ0n) is 26.3. The number of aliphatic hydroxyl groups is 2. The highest BCUT2D eigenvalue weighted by molar-refractivity contribution is 6.10. The smallest absolute Gasteiger partial charge is 0.193 e. The van der Waals surface area contributed by atoms with Gasteiger partial charge in [0.1, 0.15) is 0 Å². The second kappa shape index (κ2) is 13.1. The molecule has 1 saturated heterocycles. The van der Waals surface area contributed by atoms with Gasteiger partial charge in [0.05, 0.1) is 24.9 Å². The maximum atomic E-state index is 14.4. The largest absolute Gasteiger partial charge is 0.393 e. The van der Waals surface area contributed by atoms with Gasteiger partial charge in [-0.15, -0.1) is 0 Å². The third-order valence-corrected chi connectivity index (χ3v) is 10.8. The van der Waals surface area contributed by atoms with Crippen molar-refractivity contribution in [1.29, 1.82) is 0 Å². The first kappa shape index (κ1) is 30.9. The molecule has 0 amide bonds. The van der Waals surface area contributed by atoms with Crippen LogP contribution in [0.2, 0.25) is 0 Å². The van der Waals surface area contributed by atoms with E-state index in [0.29, 0.717) is 50.1 Å². The Labute approximate surface area is 262 Å². The van der Waals surface area contributed by atoms with Crippen molar-refractivity contribution in [2.45, 2.75) is 76.4 Å². The van der Waals surface area contributed by atoms with Gasteiger partial charge in [0.25, 0.3) is 0 Å². The number of morpholine rings is 1. The summed E-state index contributed by atoms with van der Waals surface area (Å²) in [5, 5.41) is 23.4. The number of carbonyl (C=O) groups is 1. The highest BCUT2D eigenvalue weighted by Crippen LogP contribution is 2.58. The number of hydrogen-bond acceptors (Lipinski definition) is 5. The minimum Gasteiger partial charge on any atom is -0.393 e. The van der Waals surface area contributed by atoms with E-state index in [1.807, 2.05) is 48.5 Å². The molecule has 7 rings (SSSR count). The molecule has 0 spiro atoms. The lowest BCUT2D eigenvalue weighted by Gasteiger charge is -2.46. The molecule has 4 aliphatic rings. The van der Waals surface area contributed by atoms with Crippen LogP contribution in [0.25, 0.3) is 11.1 Å². The Hall–Kier alpha value is -3.09. The number of benzene rings is 3. The lowest BCUT2D eigenvalue weighted by atomic mass is 9.64. The van der Waals surface area contributed by atoms with Crippen LogP contribution in [0, 0.1) is 5.41 Å². The van der Waals surface area contributed by atoms with Gasteiger partial charge in [-0.1, -0.05) is 85.3 Å². The molecular formula is C39H47NO4. The standard InChI is InChI=1S/C39H47NO4/c1-28-7-6-19-38(2)36(18-20-39(38,43)27-40-21-23-44-24-22-40)34-17-11-29(25-33(41)16-10-28)26-35(34)37(42)32-14-12-31(13-15-32)30-8-4-3-5-9-30/h3-5,7-9,11-15,17,26,33,36,41,43H,6,10,16,18-25,27H2,1-2H3/t33-,36-,38-,39+/m0/s1. The van der Waals surface area contributed by atoms with Crippen molar-refractivity contribution in [3.63, 3.8) is 0 Å². The van der Waals surface area contributed by atoms with Crippen molar-refractivity contribution < 1.29 is 19.7 Å². The minimum absolute atomic E-state index is 0.00440. The molecule has 44 heavy (non-hydrogen) atoms. The monoisotopic (exact) mass is 593 g/mol. The first-order valence-electron chi connectivity index (χ1n) is 16.4. The van der Waals surface area contributed by atoms with Crippen molar-refractivity contribution in [2.75, 3.05) is 32.8 Å². The van der Waals surface area contributed by atoms with Gasteiger partial charge in [0.2, 0.25) is 0 Å². The molecule has 0 aromatic heterocycles. The van der Waals surface area contributed by atoms with Crippen molar-refractivity contribution in [3.8, 4) is 11.1 Å². The number of allylic oxidation sites excluding steroid dienone is 2. The van der Waals surface area contributed by atoms with Gasteiger partial charge in [-0.3, -0.25) is 9.69 Å². The maximum absolute atomic E-state index is 14.4. The van der Waals surface area contributed by atoms with Crippen molar-refractivity contribution in [3.05, 3.63) is 107 Å². The van der Waals surface area contributed by atoms with Crippen LogP contribution in [0.3, 0.4) is 0 Å². The van der Waals surface area contributed by atoms with Crippen LogP contribution >= 0.6 is 0 Å². The fraction of sp³-hybridized carbons (Fsp3) is 0.462. The van der Waals surface area contributed by atoms with Gasteiger partial charge in [-0.2, -0.15) is 0 Å². The third-order valence-electron chi connectivity index (χ3n) is 10.8. The molecule has 0 unspecified atom stereocenters. The van der Waals surface area contributed by atoms with Gasteiger partial charge in [0, 0.05) is 36.2 Å². The molecule has 232 valence electrons. The van der Waals surface area contributed by atoms with E-state index in [9.17, 15) is 15.0 Å². The number of nitrogens with zero attached hydrogens (tertiary/aromatic N) is 1. The Balaban J connectivity index is 1.40. The molecule has 3 aliphatic carbocycles. The van der Waals surface area contributed by atoms with Crippen LogP contribution in [0.4, 0.5) is 0 Å². The Morgan fingerprint density at radius 1 is 0.955 bits per heavy atom. The summed E-state index contributed by atoms with van der Waals surface area (Å²) in [5.74, 6) is 0.0384. The van der Waals surface area contributed by atoms with E-state index in [0.717, 1.165) is 61.0 Å². The summed E-state index contributed by atoms with van der Waals surface area (Å²) in [6.07, 6.45) is 7.12. The molecule has 1 saturated carbocycles. The zero-order chi connectivity index (χ0) is 30.7. The first-order valence-corrected chi connectivity index (χ1v) is 16.4. The Morgan fingerprint density at radius 2 is 1.68 bits per heavy atom. The van der Waals surface area contributed by atoms with Crippen LogP contribution < -0.4 is 0 Å². The summed E-state index contributed by atoms with van der Waals surface area (Å²) in [6.45, 7) is 8.12. The summed E-state index contributed by atoms with van der Waals surface area (Å²) in [6, 6.07) is 24.4. The molecule has 3 aromatic carbocycles. The zero-order valence-corrected chi connectivity index (χ0v) is 26.3. The quantitative estimate of drug-likeness (QED) is 0.247. The molecule has 2 fully saturated rings. The predicted octanol–water partition coefficient (Wildman–Crippen LogP) is 6.96. The summed E-state index contributed by atoms with van der Waals surface area (Å²) in [7, 11) is 0. The normalized spacial score (nSPS) is 28.2. The number of ether oxygens (including phenoxy) is 1. The van der Waals surface area contributed by atoms with E-state index in [4.69, 9.17) is 4.74 Å². The molecule has 5 heteroatoms. The average Bonchev–Trinajstić information content (AvgIpc) is 3.29. The summed E-state index contributed by atoms with van der Waals surface area (Å²) in [4.78, 5) is 16.7. The molecule has 3 aromatic rings. The summed E-state index contributed by atoms with van der Waals surface area (Å²) in [5.41, 5.74) is 5.57. The Morgan fingerprint density at radius 3 is 2.43 bits per heavy atom. The summed E-state index contributed by atoms with van der Waals surface area (Å²) < 4.78 is 5.61. The number of carbonyl (C=O) groups excluding carboxylic acids is 1. The van der Waals surface area contributed by atoms with Crippen LogP contribution in [0.5, 0.6) is 0 Å². The van der Waals surface area contributed by atoms with Crippen molar-refractivity contribution in [2.24, 2.45) is 5.41 Å². The fourth-order valence-corrected chi connectivity index (χ4v) is 7.93.